The van der Waals surface area contributed by atoms with Crippen molar-refractivity contribution < 1.29 is 19.1 Å². The third-order valence-corrected chi connectivity index (χ3v) is 5.29. The summed E-state index contributed by atoms with van der Waals surface area (Å²) in [7, 11) is 0. The second-order valence-electron chi connectivity index (χ2n) is 7.39. The summed E-state index contributed by atoms with van der Waals surface area (Å²) in [6.45, 7) is 2.06. The van der Waals surface area contributed by atoms with Crippen molar-refractivity contribution in [3.05, 3.63) is 101 Å². The summed E-state index contributed by atoms with van der Waals surface area (Å²) in [4.78, 5) is 27.0. The van der Waals surface area contributed by atoms with Gasteiger partial charge in [-0.15, -0.1) is 0 Å². The average molecular weight is 404 g/mol. The molecule has 0 aliphatic carbocycles. The first-order valence-electron chi connectivity index (χ1n) is 9.62. The quantitative estimate of drug-likeness (QED) is 0.687. The third-order valence-electron chi connectivity index (χ3n) is 5.29. The van der Waals surface area contributed by atoms with Crippen LogP contribution in [0.25, 0.3) is 0 Å². The minimum absolute atomic E-state index is 0.127. The van der Waals surface area contributed by atoms with Gasteiger partial charge in [0.1, 0.15) is 12.4 Å². The van der Waals surface area contributed by atoms with Crippen LogP contribution in [0.1, 0.15) is 22.3 Å². The lowest BCUT2D eigenvalue weighted by Gasteiger charge is -2.23. The van der Waals surface area contributed by atoms with E-state index in [0.29, 0.717) is 17.8 Å². The molecule has 6 heteroatoms. The number of nitrogens with one attached hydrogen (secondary N) is 1. The average Bonchev–Trinajstić information content (AvgIpc) is 2.96. The monoisotopic (exact) mass is 404 g/mol. The summed E-state index contributed by atoms with van der Waals surface area (Å²) in [5.41, 5.74) is 0.907. The molecule has 1 unspecified atom stereocenters. The number of rotatable bonds is 5. The maximum atomic E-state index is 13.8. The topological polar surface area (TPSA) is 69.6 Å². The van der Waals surface area contributed by atoms with Crippen molar-refractivity contribution in [3.63, 3.8) is 0 Å². The number of halogens is 1. The number of aryl methyl sites for hydroxylation is 1. The second-order valence-corrected chi connectivity index (χ2v) is 7.39. The molecule has 1 heterocycles. The lowest BCUT2D eigenvalue weighted by molar-refractivity contribution is -0.133. The first-order valence-corrected chi connectivity index (χ1v) is 9.62. The van der Waals surface area contributed by atoms with Gasteiger partial charge in [-0.05, 0) is 30.7 Å². The van der Waals surface area contributed by atoms with Crippen LogP contribution in [0.4, 0.5) is 10.1 Å². The van der Waals surface area contributed by atoms with Crippen molar-refractivity contribution in [1.82, 2.24) is 5.32 Å². The summed E-state index contributed by atoms with van der Waals surface area (Å²) >= 11 is 0. The molecule has 2 amide bonds. The lowest BCUT2D eigenvalue weighted by atomic mass is 9.87. The molecule has 5 nitrogen and oxygen atoms in total. The SMILES string of the molecule is Cc1ccc(CNC(=O)CN2C(=O)C(O)(c3cccc(F)c3)c3ccccc32)cc1. The number of carbonyl (C=O) groups is 2. The van der Waals surface area contributed by atoms with E-state index in [9.17, 15) is 19.1 Å². The van der Waals surface area contributed by atoms with Crippen molar-refractivity contribution >= 4 is 17.5 Å². The molecule has 0 bridgehead atoms. The summed E-state index contributed by atoms with van der Waals surface area (Å²) in [5.74, 6) is -1.59. The van der Waals surface area contributed by atoms with E-state index in [4.69, 9.17) is 0 Å². The molecule has 1 atom stereocenters. The highest BCUT2D eigenvalue weighted by Gasteiger charge is 2.51. The van der Waals surface area contributed by atoms with Crippen LogP contribution < -0.4 is 10.2 Å². The van der Waals surface area contributed by atoms with Gasteiger partial charge in [0.2, 0.25) is 5.91 Å². The molecule has 30 heavy (non-hydrogen) atoms. The summed E-state index contributed by atoms with van der Waals surface area (Å²) in [6, 6.07) is 19.8. The van der Waals surface area contributed by atoms with Crippen LogP contribution in [0.15, 0.2) is 72.8 Å². The number of benzene rings is 3. The standard InChI is InChI=1S/C24H21FN2O3/c1-16-9-11-17(12-10-16)14-26-22(28)15-27-21-8-3-2-7-20(21)24(30,23(27)29)18-5-4-6-19(25)13-18/h2-13,30H,14-15H2,1H3,(H,26,28). The van der Waals surface area contributed by atoms with Gasteiger partial charge in [-0.25, -0.2) is 4.39 Å². The Balaban J connectivity index is 1.57. The summed E-state index contributed by atoms with van der Waals surface area (Å²) < 4.78 is 13.8. The maximum Gasteiger partial charge on any atom is 0.268 e. The van der Waals surface area contributed by atoms with E-state index in [-0.39, 0.29) is 18.0 Å². The molecule has 0 saturated carbocycles. The zero-order valence-corrected chi connectivity index (χ0v) is 16.4. The van der Waals surface area contributed by atoms with Crippen LogP contribution in [-0.4, -0.2) is 23.5 Å². The van der Waals surface area contributed by atoms with Crippen LogP contribution >= 0.6 is 0 Å². The van der Waals surface area contributed by atoms with E-state index < -0.39 is 17.3 Å². The lowest BCUT2D eigenvalue weighted by Crippen LogP contribution is -2.45. The predicted octanol–water partition coefficient (Wildman–Crippen LogP) is 3.03. The molecular weight excluding hydrogens is 383 g/mol. The summed E-state index contributed by atoms with van der Waals surface area (Å²) in [6.07, 6.45) is 0. The molecule has 2 N–H and O–H groups in total. The zero-order valence-electron chi connectivity index (χ0n) is 16.4. The Morgan fingerprint density at radius 1 is 1.07 bits per heavy atom. The molecule has 1 aliphatic heterocycles. The van der Waals surface area contributed by atoms with Crippen LogP contribution in [-0.2, 0) is 21.7 Å². The Morgan fingerprint density at radius 3 is 2.53 bits per heavy atom. The number of para-hydroxylation sites is 1. The first-order chi connectivity index (χ1) is 14.4. The molecular formula is C24H21FN2O3. The van der Waals surface area contributed by atoms with Crippen molar-refractivity contribution in [3.8, 4) is 0 Å². The van der Waals surface area contributed by atoms with Gasteiger partial charge in [-0.2, -0.15) is 0 Å². The normalized spacial score (nSPS) is 17.7. The van der Waals surface area contributed by atoms with E-state index in [2.05, 4.69) is 5.32 Å². The molecule has 0 fully saturated rings. The number of hydrogen-bond acceptors (Lipinski definition) is 3. The fourth-order valence-electron chi connectivity index (χ4n) is 3.69. The number of aliphatic hydroxyl groups is 1. The van der Waals surface area contributed by atoms with E-state index in [1.54, 1.807) is 24.3 Å². The molecule has 0 radical (unpaired) electrons. The highest BCUT2D eigenvalue weighted by atomic mass is 19.1. The van der Waals surface area contributed by atoms with Gasteiger partial charge in [0.25, 0.3) is 5.91 Å². The fraction of sp³-hybridized carbons (Fsp3) is 0.167. The van der Waals surface area contributed by atoms with Gasteiger partial charge in [0.05, 0.1) is 5.69 Å². The second kappa shape index (κ2) is 7.72. The Morgan fingerprint density at radius 2 is 1.80 bits per heavy atom. The largest absolute Gasteiger partial charge is 0.372 e. The van der Waals surface area contributed by atoms with Gasteiger partial charge in [0.15, 0.2) is 5.60 Å². The Kier molecular flexibility index (Phi) is 5.10. The van der Waals surface area contributed by atoms with Crippen LogP contribution in [0.2, 0.25) is 0 Å². The third kappa shape index (κ3) is 3.46. The number of carbonyl (C=O) groups excluding carboxylic acids is 2. The number of fused-ring (bicyclic) bond motifs is 1. The Labute approximate surface area is 173 Å². The molecule has 0 aromatic heterocycles. The Hall–Kier alpha value is -3.51. The maximum absolute atomic E-state index is 13.8. The van der Waals surface area contributed by atoms with E-state index in [1.807, 2.05) is 31.2 Å². The van der Waals surface area contributed by atoms with Gasteiger partial charge in [-0.3, -0.25) is 14.5 Å². The van der Waals surface area contributed by atoms with Gasteiger partial charge >= 0.3 is 0 Å². The minimum atomic E-state index is -2.05. The predicted molar refractivity (Wildman–Crippen MR) is 111 cm³/mol. The van der Waals surface area contributed by atoms with Gasteiger partial charge in [-0.1, -0.05) is 60.2 Å². The smallest absolute Gasteiger partial charge is 0.268 e. The number of hydrogen-bond donors (Lipinski definition) is 2. The van der Waals surface area contributed by atoms with Crippen LogP contribution in [0.3, 0.4) is 0 Å². The number of amides is 2. The molecule has 0 spiro atoms. The van der Waals surface area contributed by atoms with Crippen molar-refractivity contribution in [1.29, 1.82) is 0 Å². The highest BCUT2D eigenvalue weighted by Crippen LogP contribution is 2.44. The van der Waals surface area contributed by atoms with Crippen molar-refractivity contribution in [2.75, 3.05) is 11.4 Å². The van der Waals surface area contributed by atoms with Crippen LogP contribution in [0, 0.1) is 12.7 Å². The van der Waals surface area contributed by atoms with Gasteiger partial charge < -0.3 is 10.4 Å². The molecule has 3 aromatic rings. The fourth-order valence-corrected chi connectivity index (χ4v) is 3.69. The molecule has 3 aromatic carbocycles. The van der Waals surface area contributed by atoms with E-state index >= 15 is 0 Å². The molecule has 1 aliphatic rings. The van der Waals surface area contributed by atoms with Crippen molar-refractivity contribution in [2.24, 2.45) is 0 Å². The number of nitrogens with zero attached hydrogens (tertiary/aromatic N) is 1. The van der Waals surface area contributed by atoms with E-state index in [1.165, 1.54) is 23.1 Å². The number of anilines is 1. The molecule has 0 saturated heterocycles. The Bertz CT molecular complexity index is 1110. The van der Waals surface area contributed by atoms with E-state index in [0.717, 1.165) is 17.2 Å². The summed E-state index contributed by atoms with van der Waals surface area (Å²) in [5, 5.41) is 14.1. The van der Waals surface area contributed by atoms with Crippen molar-refractivity contribution in [2.45, 2.75) is 19.1 Å². The molecule has 152 valence electrons. The zero-order chi connectivity index (χ0) is 21.3. The van der Waals surface area contributed by atoms with Gasteiger partial charge in [0, 0.05) is 17.7 Å². The van der Waals surface area contributed by atoms with Crippen LogP contribution in [0.5, 0.6) is 0 Å². The minimum Gasteiger partial charge on any atom is -0.372 e. The first kappa shape index (κ1) is 19.8. The molecule has 4 rings (SSSR count). The highest BCUT2D eigenvalue weighted by molar-refractivity contribution is 6.11.